The molecule has 5 nitrogen and oxygen atoms in total. The first-order chi connectivity index (χ1) is 10.7. The van der Waals surface area contributed by atoms with E-state index in [0.717, 1.165) is 25.0 Å². The number of sulfone groups is 1. The average Bonchev–Trinajstić information content (AvgIpc) is 2.48. The molecule has 0 radical (unpaired) electrons. The first-order valence-electron chi connectivity index (χ1n) is 9.00. The molecule has 0 aromatic carbocycles. The molecule has 0 bridgehead atoms. The Hall–Kier alpha value is -0.0500. The Morgan fingerprint density at radius 2 is 1.88 bits per heavy atom. The second kappa shape index (κ2) is 9.05. The Labute approximate surface area is 165 Å². The van der Waals surface area contributed by atoms with Crippen LogP contribution in [0.4, 0.5) is 0 Å². The van der Waals surface area contributed by atoms with Gasteiger partial charge in [0.05, 0.1) is 10.5 Å². The average molecular weight is 471 g/mol. The van der Waals surface area contributed by atoms with Crippen molar-refractivity contribution in [1.29, 1.82) is 0 Å². The van der Waals surface area contributed by atoms with Gasteiger partial charge in [0.2, 0.25) is 0 Å². The van der Waals surface area contributed by atoms with Gasteiger partial charge in [-0.3, -0.25) is 4.99 Å². The lowest BCUT2D eigenvalue weighted by atomic mass is 9.83. The summed E-state index contributed by atoms with van der Waals surface area (Å²) in [6.45, 7) is 10.8. The smallest absolute Gasteiger partial charge is 0.194 e. The van der Waals surface area contributed by atoms with E-state index in [9.17, 15) is 8.42 Å². The van der Waals surface area contributed by atoms with Crippen LogP contribution in [0.2, 0.25) is 0 Å². The lowest BCUT2D eigenvalue weighted by molar-refractivity contribution is 0.294. The highest BCUT2D eigenvalue weighted by Crippen LogP contribution is 2.28. The Bertz CT molecular complexity index is 526. The fourth-order valence-electron chi connectivity index (χ4n) is 3.48. The number of aliphatic imine (C=N–C) groups is 1. The fraction of sp³-hybridized carbons (Fsp3) is 0.941. The number of hydrogen-bond donors (Lipinski definition) is 1. The monoisotopic (exact) mass is 471 g/mol. The molecule has 1 aliphatic heterocycles. The number of nitrogens with one attached hydrogen (secondary N) is 1. The molecule has 0 aromatic heterocycles. The van der Waals surface area contributed by atoms with Crippen LogP contribution in [-0.2, 0) is 9.84 Å². The number of nitrogens with zero attached hydrogens (tertiary/aromatic N) is 2. The summed E-state index contributed by atoms with van der Waals surface area (Å²) in [6.07, 6.45) is 5.16. The molecule has 1 saturated carbocycles. The van der Waals surface area contributed by atoms with Crippen molar-refractivity contribution in [1.82, 2.24) is 10.2 Å². The summed E-state index contributed by atoms with van der Waals surface area (Å²) < 4.78 is 23.7. The van der Waals surface area contributed by atoms with Crippen LogP contribution in [0.5, 0.6) is 0 Å². The minimum absolute atomic E-state index is 0. The first kappa shape index (κ1) is 22.0. The Morgan fingerprint density at radius 1 is 1.25 bits per heavy atom. The van der Waals surface area contributed by atoms with Gasteiger partial charge in [-0.2, -0.15) is 0 Å². The molecule has 2 aliphatic rings. The summed E-state index contributed by atoms with van der Waals surface area (Å²) >= 11 is 0. The minimum Gasteiger partial charge on any atom is -0.357 e. The molecule has 2 rings (SSSR count). The van der Waals surface area contributed by atoms with E-state index in [-0.39, 0.29) is 29.7 Å². The SMILES string of the molecule is CCNC(=NCC1CCC(C)CC1)N1CCS(=O)(=O)C(C)(C)C1.I. The number of rotatable bonds is 3. The van der Waals surface area contributed by atoms with Crippen LogP contribution in [-0.4, -0.2) is 56.0 Å². The number of halogens is 1. The summed E-state index contributed by atoms with van der Waals surface area (Å²) in [4.78, 5) is 6.96. The van der Waals surface area contributed by atoms with Crippen molar-refractivity contribution in [3.8, 4) is 0 Å². The maximum atomic E-state index is 12.2. The molecule has 24 heavy (non-hydrogen) atoms. The van der Waals surface area contributed by atoms with Crippen molar-refractivity contribution in [2.24, 2.45) is 16.8 Å². The van der Waals surface area contributed by atoms with Gasteiger partial charge in [-0.15, -0.1) is 24.0 Å². The van der Waals surface area contributed by atoms with Gasteiger partial charge in [-0.05, 0) is 45.4 Å². The van der Waals surface area contributed by atoms with Gasteiger partial charge in [0.15, 0.2) is 15.8 Å². The molecule has 0 unspecified atom stereocenters. The predicted octanol–water partition coefficient (Wildman–Crippen LogP) is 2.91. The van der Waals surface area contributed by atoms with E-state index >= 15 is 0 Å². The van der Waals surface area contributed by atoms with Crippen LogP contribution in [0, 0.1) is 11.8 Å². The highest BCUT2D eigenvalue weighted by Gasteiger charge is 2.41. The zero-order valence-corrected chi connectivity index (χ0v) is 18.7. The third-order valence-electron chi connectivity index (χ3n) is 5.31. The lowest BCUT2D eigenvalue weighted by Crippen LogP contribution is -2.57. The van der Waals surface area contributed by atoms with Crippen LogP contribution >= 0.6 is 24.0 Å². The lowest BCUT2D eigenvalue weighted by Gasteiger charge is -2.39. The zero-order valence-electron chi connectivity index (χ0n) is 15.5. The summed E-state index contributed by atoms with van der Waals surface area (Å²) in [5, 5.41) is 3.35. The summed E-state index contributed by atoms with van der Waals surface area (Å²) in [7, 11) is -3.01. The Balaban J connectivity index is 0.00000288. The van der Waals surface area contributed by atoms with E-state index in [2.05, 4.69) is 24.1 Å². The van der Waals surface area contributed by atoms with Crippen molar-refractivity contribution in [2.45, 2.75) is 58.1 Å². The van der Waals surface area contributed by atoms with Crippen molar-refractivity contribution in [3.63, 3.8) is 0 Å². The van der Waals surface area contributed by atoms with Crippen molar-refractivity contribution in [3.05, 3.63) is 0 Å². The van der Waals surface area contributed by atoms with Crippen LogP contribution in [0.1, 0.15) is 53.4 Å². The standard InChI is InChI=1S/C17H33N3O2S.HI/c1-5-18-16(19-12-15-8-6-14(2)7-9-15)20-10-11-23(21,22)17(3,4)13-20;/h14-15H,5-13H2,1-4H3,(H,18,19);1H. The van der Waals surface area contributed by atoms with Crippen molar-refractivity contribution in [2.75, 3.05) is 31.9 Å². The Morgan fingerprint density at radius 3 is 2.42 bits per heavy atom. The number of hydrogen-bond acceptors (Lipinski definition) is 3. The molecule has 0 amide bonds. The van der Waals surface area contributed by atoms with Gasteiger partial charge in [-0.1, -0.05) is 19.8 Å². The van der Waals surface area contributed by atoms with E-state index in [1.165, 1.54) is 25.7 Å². The van der Waals surface area contributed by atoms with Crippen LogP contribution in [0.15, 0.2) is 4.99 Å². The fourth-order valence-corrected chi connectivity index (χ4v) is 4.84. The molecule has 1 aliphatic carbocycles. The highest BCUT2D eigenvalue weighted by atomic mass is 127. The van der Waals surface area contributed by atoms with Gasteiger partial charge in [0.25, 0.3) is 0 Å². The van der Waals surface area contributed by atoms with Crippen molar-refractivity contribution >= 4 is 39.8 Å². The molecule has 0 aromatic rings. The largest absolute Gasteiger partial charge is 0.357 e. The summed E-state index contributed by atoms with van der Waals surface area (Å²) in [6, 6.07) is 0. The van der Waals surface area contributed by atoms with Crippen LogP contribution in [0.3, 0.4) is 0 Å². The maximum Gasteiger partial charge on any atom is 0.194 e. The van der Waals surface area contributed by atoms with Crippen LogP contribution in [0.25, 0.3) is 0 Å². The van der Waals surface area contributed by atoms with Gasteiger partial charge in [0.1, 0.15) is 0 Å². The minimum atomic E-state index is -3.01. The van der Waals surface area contributed by atoms with Gasteiger partial charge in [-0.25, -0.2) is 8.42 Å². The third-order valence-corrected chi connectivity index (χ3v) is 7.85. The summed E-state index contributed by atoms with van der Waals surface area (Å²) in [5.41, 5.74) is 0. The molecular weight excluding hydrogens is 437 g/mol. The first-order valence-corrected chi connectivity index (χ1v) is 10.7. The quantitative estimate of drug-likeness (QED) is 0.391. The van der Waals surface area contributed by atoms with Gasteiger partial charge < -0.3 is 10.2 Å². The molecule has 0 atom stereocenters. The number of guanidine groups is 1. The van der Waals surface area contributed by atoms with E-state index < -0.39 is 14.6 Å². The predicted molar refractivity (Wildman–Crippen MR) is 112 cm³/mol. The molecule has 1 N–H and O–H groups in total. The highest BCUT2D eigenvalue weighted by molar-refractivity contribution is 14.0. The van der Waals surface area contributed by atoms with Crippen LogP contribution < -0.4 is 5.32 Å². The molecular formula is C17H34IN3O2S. The van der Waals surface area contributed by atoms with E-state index in [1.54, 1.807) is 0 Å². The van der Waals surface area contributed by atoms with E-state index in [0.29, 0.717) is 19.0 Å². The van der Waals surface area contributed by atoms with Gasteiger partial charge >= 0.3 is 0 Å². The molecule has 1 heterocycles. The second-order valence-electron chi connectivity index (χ2n) is 7.82. The van der Waals surface area contributed by atoms with Gasteiger partial charge in [0, 0.05) is 26.2 Å². The van der Waals surface area contributed by atoms with Crippen molar-refractivity contribution < 1.29 is 8.42 Å². The zero-order chi connectivity index (χ0) is 17.1. The molecule has 1 saturated heterocycles. The van der Waals surface area contributed by atoms with E-state index in [4.69, 9.17) is 4.99 Å². The van der Waals surface area contributed by atoms with E-state index in [1.807, 2.05) is 13.8 Å². The topological polar surface area (TPSA) is 61.8 Å². The maximum absolute atomic E-state index is 12.2. The molecule has 0 spiro atoms. The summed E-state index contributed by atoms with van der Waals surface area (Å²) in [5.74, 6) is 2.64. The molecule has 7 heteroatoms. The molecule has 142 valence electrons. The third kappa shape index (κ3) is 5.47. The second-order valence-corrected chi connectivity index (χ2v) is 10.6. The molecule has 2 fully saturated rings. The Kier molecular flexibility index (Phi) is 8.29. The normalized spacial score (nSPS) is 29.7.